The van der Waals surface area contributed by atoms with Gasteiger partial charge in [0.15, 0.2) is 11.6 Å². The van der Waals surface area contributed by atoms with Crippen molar-refractivity contribution in [2.24, 2.45) is 0 Å². The summed E-state index contributed by atoms with van der Waals surface area (Å²) in [6.07, 6.45) is 0.504. The molecule has 0 heterocycles. The Labute approximate surface area is 95.8 Å². The fourth-order valence-electron chi connectivity index (χ4n) is 1.23. The zero-order valence-electron chi connectivity index (χ0n) is 8.81. The number of hydrogen-bond donors (Lipinski definition) is 2. The van der Waals surface area contributed by atoms with E-state index in [4.69, 9.17) is 10.2 Å². The highest BCUT2D eigenvalue weighted by molar-refractivity contribution is 6.19. The molecule has 1 aromatic carbocycles. The van der Waals surface area contributed by atoms with Crippen LogP contribution in [-0.2, 0) is 9.59 Å². The van der Waals surface area contributed by atoms with Crippen LogP contribution in [-0.4, -0.2) is 29.3 Å². The molecule has 90 valence electrons. The van der Waals surface area contributed by atoms with Crippen molar-refractivity contribution in [3.05, 3.63) is 35.7 Å². The summed E-state index contributed by atoms with van der Waals surface area (Å²) in [5, 5.41) is 17.3. The summed E-state index contributed by atoms with van der Waals surface area (Å²) in [5.41, 5.74) is -0.544. The fraction of sp³-hybridized carbons (Fsp3) is 0.0909. The van der Waals surface area contributed by atoms with Gasteiger partial charge in [-0.15, -0.1) is 0 Å². The summed E-state index contributed by atoms with van der Waals surface area (Å²) in [4.78, 5) is 21.3. The van der Waals surface area contributed by atoms with E-state index in [1.54, 1.807) is 0 Å². The molecule has 0 radical (unpaired) electrons. The lowest BCUT2D eigenvalue weighted by Crippen LogP contribution is -2.03. The molecule has 2 N–H and O–H groups in total. The van der Waals surface area contributed by atoms with Crippen LogP contribution in [0.1, 0.15) is 5.56 Å². The smallest absolute Gasteiger partial charge is 0.336 e. The van der Waals surface area contributed by atoms with E-state index >= 15 is 0 Å². The zero-order chi connectivity index (χ0) is 13.0. The van der Waals surface area contributed by atoms with Gasteiger partial charge in [0.05, 0.1) is 12.7 Å². The SMILES string of the molecule is COc1ccc(/C(=C/C(=O)O)C(=O)O)cc1F. The van der Waals surface area contributed by atoms with Gasteiger partial charge in [-0.05, 0) is 17.7 Å². The van der Waals surface area contributed by atoms with Crippen molar-refractivity contribution in [1.82, 2.24) is 0 Å². The van der Waals surface area contributed by atoms with Crippen LogP contribution >= 0.6 is 0 Å². The molecule has 0 atom stereocenters. The molecule has 0 aliphatic carbocycles. The topological polar surface area (TPSA) is 83.8 Å². The third-order valence-corrected chi connectivity index (χ3v) is 1.96. The van der Waals surface area contributed by atoms with Crippen molar-refractivity contribution in [2.45, 2.75) is 0 Å². The molecule has 1 aromatic rings. The standard InChI is InChI=1S/C11H9FO5/c1-17-9-3-2-6(4-8(9)12)7(11(15)16)5-10(13)14/h2-5H,1H3,(H,13,14)(H,15,16)/b7-5-. The number of methoxy groups -OCH3 is 1. The van der Waals surface area contributed by atoms with Crippen molar-refractivity contribution in [3.63, 3.8) is 0 Å². The predicted molar refractivity (Wildman–Crippen MR) is 56.2 cm³/mol. The molecule has 5 nitrogen and oxygen atoms in total. The van der Waals surface area contributed by atoms with Crippen LogP contribution in [0, 0.1) is 5.82 Å². The molecule has 0 aliphatic heterocycles. The van der Waals surface area contributed by atoms with Gasteiger partial charge >= 0.3 is 11.9 Å². The molecule has 0 aliphatic rings. The first-order valence-corrected chi connectivity index (χ1v) is 4.47. The summed E-state index contributed by atoms with van der Waals surface area (Å²) in [5.74, 6) is -3.67. The second-order valence-electron chi connectivity index (χ2n) is 3.05. The molecule has 0 saturated carbocycles. The minimum Gasteiger partial charge on any atom is -0.494 e. The van der Waals surface area contributed by atoms with Crippen molar-refractivity contribution in [2.75, 3.05) is 7.11 Å². The predicted octanol–water partition coefficient (Wildman–Crippen LogP) is 1.39. The number of carboxylic acid groups (broad SMARTS) is 2. The van der Waals surface area contributed by atoms with Gasteiger partial charge in [-0.1, -0.05) is 6.07 Å². The van der Waals surface area contributed by atoms with Crippen molar-refractivity contribution in [3.8, 4) is 5.75 Å². The number of carbonyl (C=O) groups is 2. The number of ether oxygens (including phenoxy) is 1. The Kier molecular flexibility index (Phi) is 3.82. The Morgan fingerprint density at radius 1 is 1.35 bits per heavy atom. The van der Waals surface area contributed by atoms with Crippen LogP contribution in [0.25, 0.3) is 5.57 Å². The molecule has 17 heavy (non-hydrogen) atoms. The molecule has 0 saturated heterocycles. The average Bonchev–Trinajstić information content (AvgIpc) is 2.25. The van der Waals surface area contributed by atoms with Crippen LogP contribution in [0.15, 0.2) is 24.3 Å². The van der Waals surface area contributed by atoms with E-state index < -0.39 is 23.3 Å². The first kappa shape index (κ1) is 12.7. The maximum atomic E-state index is 13.3. The summed E-state index contributed by atoms with van der Waals surface area (Å²) in [6.45, 7) is 0. The highest BCUT2D eigenvalue weighted by Gasteiger charge is 2.14. The number of hydrogen-bond acceptors (Lipinski definition) is 3. The second kappa shape index (κ2) is 5.11. The lowest BCUT2D eigenvalue weighted by molar-refractivity contribution is -0.133. The summed E-state index contributed by atoms with van der Waals surface area (Å²) in [7, 11) is 1.27. The van der Waals surface area contributed by atoms with Crippen LogP contribution in [0.4, 0.5) is 4.39 Å². The van der Waals surface area contributed by atoms with Crippen LogP contribution < -0.4 is 4.74 Å². The molecule has 1 rings (SSSR count). The zero-order valence-corrected chi connectivity index (χ0v) is 8.81. The van der Waals surface area contributed by atoms with E-state index in [9.17, 15) is 14.0 Å². The Morgan fingerprint density at radius 2 is 2.00 bits per heavy atom. The number of carboxylic acids is 2. The molecular formula is C11H9FO5. The van der Waals surface area contributed by atoms with E-state index in [-0.39, 0.29) is 11.3 Å². The van der Waals surface area contributed by atoms with Gasteiger partial charge in [-0.3, -0.25) is 0 Å². The van der Waals surface area contributed by atoms with Gasteiger partial charge in [-0.2, -0.15) is 0 Å². The van der Waals surface area contributed by atoms with E-state index in [1.807, 2.05) is 0 Å². The Hall–Kier alpha value is -2.37. The van der Waals surface area contributed by atoms with Gasteiger partial charge in [-0.25, -0.2) is 14.0 Å². The highest BCUT2D eigenvalue weighted by atomic mass is 19.1. The number of benzene rings is 1. The molecule has 6 heteroatoms. The van der Waals surface area contributed by atoms with Crippen LogP contribution in [0.3, 0.4) is 0 Å². The number of aliphatic carboxylic acids is 2. The van der Waals surface area contributed by atoms with Gasteiger partial charge in [0.2, 0.25) is 0 Å². The lowest BCUT2D eigenvalue weighted by Gasteiger charge is -2.05. The van der Waals surface area contributed by atoms with Gasteiger partial charge in [0.25, 0.3) is 0 Å². The average molecular weight is 240 g/mol. The van der Waals surface area contributed by atoms with Crippen molar-refractivity contribution < 1.29 is 28.9 Å². The molecule has 0 fully saturated rings. The third kappa shape index (κ3) is 3.04. The largest absolute Gasteiger partial charge is 0.494 e. The minimum absolute atomic E-state index is 0.0433. The second-order valence-corrected chi connectivity index (χ2v) is 3.05. The van der Waals surface area contributed by atoms with Crippen LogP contribution in [0.5, 0.6) is 5.75 Å². The van der Waals surface area contributed by atoms with E-state index in [0.29, 0.717) is 6.08 Å². The molecular weight excluding hydrogens is 231 g/mol. The quantitative estimate of drug-likeness (QED) is 0.777. The molecule has 0 bridgehead atoms. The lowest BCUT2D eigenvalue weighted by atomic mass is 10.1. The normalized spacial score (nSPS) is 11.1. The Balaban J connectivity index is 3.26. The van der Waals surface area contributed by atoms with Gasteiger partial charge in [0.1, 0.15) is 0 Å². The highest BCUT2D eigenvalue weighted by Crippen LogP contribution is 2.22. The maximum absolute atomic E-state index is 13.3. The van der Waals surface area contributed by atoms with E-state index in [2.05, 4.69) is 4.74 Å². The molecule has 0 spiro atoms. The van der Waals surface area contributed by atoms with Crippen molar-refractivity contribution >= 4 is 17.5 Å². The summed E-state index contributed by atoms with van der Waals surface area (Å²) < 4.78 is 18.0. The first-order chi connectivity index (χ1) is 7.95. The number of rotatable bonds is 4. The van der Waals surface area contributed by atoms with Crippen molar-refractivity contribution in [1.29, 1.82) is 0 Å². The van der Waals surface area contributed by atoms with Gasteiger partial charge in [0, 0.05) is 6.08 Å². The Bertz CT molecular complexity index is 493. The molecule has 0 amide bonds. The molecule has 0 aromatic heterocycles. The summed E-state index contributed by atoms with van der Waals surface area (Å²) >= 11 is 0. The monoisotopic (exact) mass is 240 g/mol. The number of halogens is 1. The van der Waals surface area contributed by atoms with Gasteiger partial charge < -0.3 is 14.9 Å². The third-order valence-electron chi connectivity index (χ3n) is 1.96. The Morgan fingerprint density at radius 3 is 2.41 bits per heavy atom. The van der Waals surface area contributed by atoms with Crippen LogP contribution in [0.2, 0.25) is 0 Å². The van der Waals surface area contributed by atoms with E-state index in [1.165, 1.54) is 19.2 Å². The first-order valence-electron chi connectivity index (χ1n) is 4.47. The maximum Gasteiger partial charge on any atom is 0.336 e. The van der Waals surface area contributed by atoms with E-state index in [0.717, 1.165) is 6.07 Å². The molecule has 0 unspecified atom stereocenters. The summed E-state index contributed by atoms with van der Waals surface area (Å²) in [6, 6.07) is 3.40. The minimum atomic E-state index is -1.45. The fourth-order valence-corrected chi connectivity index (χ4v) is 1.23.